The molecule has 1 N–H and O–H groups in total. The van der Waals surface area contributed by atoms with E-state index in [4.69, 9.17) is 0 Å². The Morgan fingerprint density at radius 1 is 1.41 bits per heavy atom. The van der Waals surface area contributed by atoms with Crippen molar-refractivity contribution in [2.45, 2.75) is 25.8 Å². The highest BCUT2D eigenvalue weighted by molar-refractivity contribution is 9.10. The number of fused-ring (bicyclic) bond motifs is 3. The Morgan fingerprint density at radius 3 is 2.82 bits per heavy atom. The van der Waals surface area contributed by atoms with Gasteiger partial charge in [-0.25, -0.2) is 4.98 Å². The molecule has 0 aromatic carbocycles. The molecule has 4 heteroatoms. The zero-order valence-corrected chi connectivity index (χ0v) is 11.7. The van der Waals surface area contributed by atoms with E-state index >= 15 is 0 Å². The number of nitrogens with zero attached hydrogens (tertiary/aromatic N) is 2. The first kappa shape index (κ1) is 11.5. The van der Waals surface area contributed by atoms with Crippen molar-refractivity contribution in [3.63, 3.8) is 0 Å². The molecule has 3 aliphatic rings. The molecule has 2 bridgehead atoms. The number of aryl methyl sites for hydroxylation is 1. The van der Waals surface area contributed by atoms with Gasteiger partial charge in [0, 0.05) is 18.8 Å². The summed E-state index contributed by atoms with van der Waals surface area (Å²) in [6, 6.07) is 2.61. The molecular weight excluding hydrogens is 278 g/mol. The number of piperidine rings is 3. The maximum Gasteiger partial charge on any atom is 0.140 e. The Bertz CT molecular complexity index is 413. The molecule has 0 amide bonds. The summed E-state index contributed by atoms with van der Waals surface area (Å²) in [7, 11) is 0. The van der Waals surface area contributed by atoms with Crippen molar-refractivity contribution in [2.75, 3.05) is 25.0 Å². The van der Waals surface area contributed by atoms with Gasteiger partial charge in [-0.3, -0.25) is 0 Å². The lowest BCUT2D eigenvalue weighted by atomic mass is 9.84. The van der Waals surface area contributed by atoms with Crippen LogP contribution in [-0.4, -0.2) is 35.6 Å². The molecule has 17 heavy (non-hydrogen) atoms. The third kappa shape index (κ3) is 2.20. The molecule has 0 saturated carbocycles. The monoisotopic (exact) mass is 295 g/mol. The van der Waals surface area contributed by atoms with Gasteiger partial charge in [-0.1, -0.05) is 0 Å². The molecule has 3 fully saturated rings. The van der Waals surface area contributed by atoms with E-state index in [1.54, 1.807) is 0 Å². The van der Waals surface area contributed by atoms with Crippen LogP contribution in [0.25, 0.3) is 0 Å². The SMILES string of the molecule is Cc1ccnc(NC2CN3CCC2CC3)c1Br. The quantitative estimate of drug-likeness (QED) is 0.909. The number of hydrogen-bond donors (Lipinski definition) is 1. The average Bonchev–Trinajstić information content (AvgIpc) is 2.36. The molecule has 0 aliphatic carbocycles. The first-order valence-electron chi connectivity index (χ1n) is 6.34. The number of hydrogen-bond acceptors (Lipinski definition) is 3. The summed E-state index contributed by atoms with van der Waals surface area (Å²) in [5.74, 6) is 1.83. The number of halogens is 1. The minimum absolute atomic E-state index is 0.572. The molecule has 0 spiro atoms. The highest BCUT2D eigenvalue weighted by atomic mass is 79.9. The topological polar surface area (TPSA) is 28.2 Å². The van der Waals surface area contributed by atoms with Crippen LogP contribution < -0.4 is 5.32 Å². The second-order valence-corrected chi connectivity index (χ2v) is 5.97. The van der Waals surface area contributed by atoms with Gasteiger partial charge in [0.15, 0.2) is 0 Å². The van der Waals surface area contributed by atoms with E-state index in [9.17, 15) is 0 Å². The highest BCUT2D eigenvalue weighted by Gasteiger charge is 2.34. The summed E-state index contributed by atoms with van der Waals surface area (Å²) in [4.78, 5) is 7.00. The molecule has 1 atom stereocenters. The molecule has 1 aromatic rings. The molecule has 4 rings (SSSR count). The van der Waals surface area contributed by atoms with Gasteiger partial charge in [0.2, 0.25) is 0 Å². The van der Waals surface area contributed by atoms with Gasteiger partial charge in [-0.05, 0) is 66.3 Å². The van der Waals surface area contributed by atoms with Crippen LogP contribution >= 0.6 is 15.9 Å². The lowest BCUT2D eigenvalue weighted by Crippen LogP contribution is -2.53. The largest absolute Gasteiger partial charge is 0.365 e. The molecule has 92 valence electrons. The fourth-order valence-corrected chi connectivity index (χ4v) is 3.29. The standard InChI is InChI=1S/C13H18BrN3/c1-9-2-5-15-13(12(9)14)16-11-8-17-6-3-10(11)4-7-17/h2,5,10-11H,3-4,6-8H2,1H3,(H,15,16). The maximum absolute atomic E-state index is 4.44. The molecule has 3 aliphatic heterocycles. The van der Waals surface area contributed by atoms with Gasteiger partial charge in [0.05, 0.1) is 4.47 Å². The number of rotatable bonds is 2. The van der Waals surface area contributed by atoms with Crippen molar-refractivity contribution >= 4 is 21.7 Å². The van der Waals surface area contributed by atoms with Crippen LogP contribution in [0.15, 0.2) is 16.7 Å². The zero-order valence-electron chi connectivity index (χ0n) is 10.1. The van der Waals surface area contributed by atoms with Gasteiger partial charge in [0.25, 0.3) is 0 Å². The molecule has 1 unspecified atom stereocenters. The summed E-state index contributed by atoms with van der Waals surface area (Å²) in [6.45, 7) is 5.84. The van der Waals surface area contributed by atoms with Crippen LogP contribution in [0.1, 0.15) is 18.4 Å². The van der Waals surface area contributed by atoms with E-state index in [0.29, 0.717) is 6.04 Å². The summed E-state index contributed by atoms with van der Waals surface area (Å²) in [6.07, 6.45) is 4.55. The van der Waals surface area contributed by atoms with E-state index in [-0.39, 0.29) is 0 Å². The van der Waals surface area contributed by atoms with E-state index < -0.39 is 0 Å². The average molecular weight is 296 g/mol. The van der Waals surface area contributed by atoms with Gasteiger partial charge in [-0.15, -0.1) is 0 Å². The van der Waals surface area contributed by atoms with Gasteiger partial charge >= 0.3 is 0 Å². The van der Waals surface area contributed by atoms with Crippen molar-refractivity contribution in [2.24, 2.45) is 5.92 Å². The fourth-order valence-electron chi connectivity index (χ4n) is 2.95. The second-order valence-electron chi connectivity index (χ2n) is 5.18. The van der Waals surface area contributed by atoms with Crippen molar-refractivity contribution in [3.8, 4) is 0 Å². The second kappa shape index (κ2) is 4.58. The molecule has 0 radical (unpaired) electrons. The summed E-state index contributed by atoms with van der Waals surface area (Å²) >= 11 is 3.62. The summed E-state index contributed by atoms with van der Waals surface area (Å²) < 4.78 is 1.11. The Labute approximate surface area is 111 Å². The predicted molar refractivity (Wildman–Crippen MR) is 73.2 cm³/mol. The van der Waals surface area contributed by atoms with E-state index in [1.165, 1.54) is 38.0 Å². The van der Waals surface area contributed by atoms with Crippen molar-refractivity contribution in [1.29, 1.82) is 0 Å². The summed E-state index contributed by atoms with van der Waals surface area (Å²) in [5, 5.41) is 3.62. The minimum Gasteiger partial charge on any atom is -0.365 e. The number of pyridine rings is 1. The summed E-state index contributed by atoms with van der Waals surface area (Å²) in [5.41, 5.74) is 1.24. The number of anilines is 1. The van der Waals surface area contributed by atoms with Gasteiger partial charge in [0.1, 0.15) is 5.82 Å². The van der Waals surface area contributed by atoms with Crippen molar-refractivity contribution < 1.29 is 0 Å². The van der Waals surface area contributed by atoms with E-state index in [0.717, 1.165) is 16.2 Å². The van der Waals surface area contributed by atoms with Crippen LogP contribution in [0.5, 0.6) is 0 Å². The lowest BCUT2D eigenvalue weighted by Gasteiger charge is -2.45. The zero-order chi connectivity index (χ0) is 11.8. The smallest absolute Gasteiger partial charge is 0.140 e. The highest BCUT2D eigenvalue weighted by Crippen LogP contribution is 2.31. The molecule has 3 nitrogen and oxygen atoms in total. The van der Waals surface area contributed by atoms with Crippen LogP contribution in [0.2, 0.25) is 0 Å². The third-order valence-corrected chi connectivity index (χ3v) is 5.06. The van der Waals surface area contributed by atoms with Crippen LogP contribution in [0, 0.1) is 12.8 Å². The third-order valence-electron chi connectivity index (χ3n) is 4.06. The number of aromatic nitrogens is 1. The van der Waals surface area contributed by atoms with Crippen LogP contribution in [0.4, 0.5) is 5.82 Å². The number of nitrogens with one attached hydrogen (secondary N) is 1. The minimum atomic E-state index is 0.572. The predicted octanol–water partition coefficient (Wildman–Crippen LogP) is 2.66. The van der Waals surface area contributed by atoms with E-state index in [2.05, 4.69) is 38.1 Å². The molecule has 4 heterocycles. The lowest BCUT2D eigenvalue weighted by molar-refractivity contribution is 0.0973. The Morgan fingerprint density at radius 2 is 2.18 bits per heavy atom. The van der Waals surface area contributed by atoms with Crippen molar-refractivity contribution in [1.82, 2.24) is 9.88 Å². The van der Waals surface area contributed by atoms with Gasteiger partial charge < -0.3 is 10.2 Å². The normalized spacial score (nSPS) is 31.5. The van der Waals surface area contributed by atoms with E-state index in [1.807, 2.05) is 12.3 Å². The van der Waals surface area contributed by atoms with Crippen LogP contribution in [-0.2, 0) is 0 Å². The Hall–Kier alpha value is -0.610. The molecular formula is C13H18BrN3. The fraction of sp³-hybridized carbons (Fsp3) is 0.615. The van der Waals surface area contributed by atoms with Gasteiger partial charge in [-0.2, -0.15) is 0 Å². The van der Waals surface area contributed by atoms with Crippen LogP contribution in [0.3, 0.4) is 0 Å². The first-order valence-corrected chi connectivity index (χ1v) is 7.13. The Kier molecular flexibility index (Phi) is 3.09. The van der Waals surface area contributed by atoms with Crippen molar-refractivity contribution in [3.05, 3.63) is 22.3 Å². The Balaban J connectivity index is 1.76. The maximum atomic E-state index is 4.44. The first-order chi connectivity index (χ1) is 8.24. The molecule has 3 saturated heterocycles. The molecule has 1 aromatic heterocycles.